The number of aliphatic imine (C=N–C) groups is 1. The summed E-state index contributed by atoms with van der Waals surface area (Å²) >= 11 is 0. The van der Waals surface area contributed by atoms with E-state index in [0.29, 0.717) is 29.8 Å². The second kappa shape index (κ2) is 19.5. The maximum Gasteiger partial charge on any atom is 0.324 e. The van der Waals surface area contributed by atoms with Crippen LogP contribution in [0.3, 0.4) is 0 Å². The lowest BCUT2D eigenvalue weighted by molar-refractivity contribution is -0.372. The number of aliphatic carboxylic acids is 1. The third kappa shape index (κ3) is 9.49. The molecule has 8 N–H and O–H groups in total. The van der Waals surface area contributed by atoms with Crippen LogP contribution < -0.4 is 15.5 Å². The van der Waals surface area contributed by atoms with E-state index in [1.165, 1.54) is 41.7 Å². The van der Waals surface area contributed by atoms with Crippen LogP contribution in [-0.2, 0) is 23.9 Å². The monoisotopic (exact) mass is 911 g/mol. The second-order valence-electron chi connectivity index (χ2n) is 17.2. The number of carboxylic acids is 1. The third-order valence-electron chi connectivity index (χ3n) is 12.4. The zero-order chi connectivity index (χ0) is 46.9. The quantitative estimate of drug-likeness (QED) is 0.0456. The first kappa shape index (κ1) is 46.6. The van der Waals surface area contributed by atoms with E-state index in [1.807, 2.05) is 32.0 Å². The number of hydroxylamine groups is 2. The minimum Gasteiger partial charge on any atom is -0.508 e. The lowest BCUT2D eigenvalue weighted by Crippen LogP contribution is -2.68. The highest BCUT2D eigenvalue weighted by atomic mass is 16.8. The van der Waals surface area contributed by atoms with Crippen molar-refractivity contribution in [2.75, 3.05) is 19.8 Å². The van der Waals surface area contributed by atoms with Gasteiger partial charge in [-0.05, 0) is 81.1 Å². The highest BCUT2D eigenvalue weighted by molar-refractivity contribution is 5.95. The molecule has 2 fully saturated rings. The summed E-state index contributed by atoms with van der Waals surface area (Å²) in [5, 5.41) is 81.1. The largest absolute Gasteiger partial charge is 0.508 e. The van der Waals surface area contributed by atoms with Crippen molar-refractivity contribution in [2.45, 2.75) is 101 Å². The molecule has 0 bridgehead atoms. The van der Waals surface area contributed by atoms with Gasteiger partial charge in [-0.1, -0.05) is 48.6 Å². The average Bonchev–Trinajstić information content (AvgIpc) is 3.88. The predicted octanol–water partition coefficient (Wildman–Crippen LogP) is 3.20. The molecule has 3 aromatic carbocycles. The molecule has 1 aliphatic carbocycles. The minimum absolute atomic E-state index is 0.0152. The number of hydrogen-bond donors (Lipinski definition) is 8. The van der Waals surface area contributed by atoms with E-state index in [9.17, 15) is 50.1 Å². The topological polar surface area (TPSA) is 271 Å². The Morgan fingerprint density at radius 3 is 2.38 bits per heavy atom. The van der Waals surface area contributed by atoms with Gasteiger partial charge in [-0.3, -0.25) is 24.2 Å². The summed E-state index contributed by atoms with van der Waals surface area (Å²) in [6.07, 6.45) is -1.12. The highest BCUT2D eigenvalue weighted by Crippen LogP contribution is 2.41. The zero-order valence-electron chi connectivity index (χ0n) is 36.3. The number of nitrogens with one attached hydrogen (secondary N) is 1. The number of nitrogens with zero attached hydrogens (tertiary/aromatic N) is 2. The van der Waals surface area contributed by atoms with Gasteiger partial charge < -0.3 is 59.7 Å². The summed E-state index contributed by atoms with van der Waals surface area (Å²) in [5.41, 5.74) is 4.95. The number of esters is 1. The fourth-order valence-electron chi connectivity index (χ4n) is 9.17. The Morgan fingerprint density at radius 2 is 1.70 bits per heavy atom. The molecule has 4 heterocycles. The van der Waals surface area contributed by atoms with Crippen LogP contribution in [0.5, 0.6) is 11.5 Å². The van der Waals surface area contributed by atoms with Gasteiger partial charge >= 0.3 is 11.9 Å². The number of allylic oxidation sites excluding steroid dienone is 1. The van der Waals surface area contributed by atoms with Crippen molar-refractivity contribution in [3.63, 3.8) is 0 Å². The highest BCUT2D eigenvalue weighted by Gasteiger charge is 2.58. The van der Waals surface area contributed by atoms with E-state index < -0.39 is 79.0 Å². The van der Waals surface area contributed by atoms with Crippen molar-refractivity contribution >= 4 is 34.8 Å². The molecule has 8 atom stereocenters. The number of benzene rings is 3. The van der Waals surface area contributed by atoms with Gasteiger partial charge in [-0.25, -0.2) is 5.06 Å². The van der Waals surface area contributed by atoms with Crippen molar-refractivity contribution in [2.24, 2.45) is 10.9 Å². The number of fused-ring (bicyclic) bond motifs is 2. The summed E-state index contributed by atoms with van der Waals surface area (Å²) in [6.45, 7) is 2.08. The zero-order valence-corrected chi connectivity index (χ0v) is 36.3. The third-order valence-corrected chi connectivity index (χ3v) is 12.4. The van der Waals surface area contributed by atoms with E-state index in [0.717, 1.165) is 41.5 Å². The Bertz CT molecular complexity index is 2580. The van der Waals surface area contributed by atoms with Crippen molar-refractivity contribution in [1.82, 2.24) is 10.4 Å². The Labute approximate surface area is 378 Å². The smallest absolute Gasteiger partial charge is 0.324 e. The Balaban J connectivity index is 1.12. The van der Waals surface area contributed by atoms with Crippen LogP contribution >= 0.6 is 0 Å². The predicted molar refractivity (Wildman–Crippen MR) is 237 cm³/mol. The van der Waals surface area contributed by atoms with Crippen molar-refractivity contribution in [1.29, 1.82) is 0 Å². The van der Waals surface area contributed by atoms with Gasteiger partial charge in [0.25, 0.3) is 5.79 Å². The molecule has 8 rings (SSSR count). The summed E-state index contributed by atoms with van der Waals surface area (Å²) in [5.74, 6) is -8.33. The molecule has 350 valence electrons. The van der Waals surface area contributed by atoms with Gasteiger partial charge in [0.2, 0.25) is 6.29 Å². The van der Waals surface area contributed by atoms with E-state index in [4.69, 9.17) is 23.5 Å². The number of carbonyl (C=O) groups is 2. The molecule has 1 saturated carbocycles. The number of phenolic OH excluding ortho intramolecular Hbond substituents is 1. The van der Waals surface area contributed by atoms with E-state index >= 15 is 0 Å². The summed E-state index contributed by atoms with van der Waals surface area (Å²) in [6, 6.07) is 14.8. The van der Waals surface area contributed by atoms with Crippen LogP contribution in [0.2, 0.25) is 0 Å². The van der Waals surface area contributed by atoms with Gasteiger partial charge in [-0.2, -0.15) is 0 Å². The lowest BCUT2D eigenvalue weighted by Gasteiger charge is -2.47. The fraction of sp³-hybridized carbons (Fsp3) is 0.417. The maximum atomic E-state index is 13.9. The van der Waals surface area contributed by atoms with Gasteiger partial charge in [0.15, 0.2) is 23.6 Å². The molecule has 66 heavy (non-hydrogen) atoms. The first-order chi connectivity index (χ1) is 31.7. The average molecular weight is 912 g/mol. The molecule has 3 aliphatic heterocycles. The van der Waals surface area contributed by atoms with Crippen molar-refractivity contribution < 1.29 is 68.8 Å². The van der Waals surface area contributed by atoms with Crippen LogP contribution in [-0.4, -0.2) is 127 Å². The molecular formula is C48H53N3O15. The Kier molecular flexibility index (Phi) is 13.7. The molecule has 1 aromatic heterocycles. The number of phenols is 1. The number of hydrogen-bond acceptors (Lipinski definition) is 17. The van der Waals surface area contributed by atoms with E-state index in [1.54, 1.807) is 24.4 Å². The van der Waals surface area contributed by atoms with Crippen molar-refractivity contribution in [3.8, 4) is 22.6 Å². The number of aryl methyl sites for hydroxylation is 2. The second-order valence-corrected chi connectivity index (χ2v) is 17.2. The van der Waals surface area contributed by atoms with E-state index in [2.05, 4.69) is 10.3 Å². The van der Waals surface area contributed by atoms with Crippen LogP contribution in [0.1, 0.15) is 55.2 Å². The maximum absolute atomic E-state index is 13.9. The number of aromatic hydroxyl groups is 1. The van der Waals surface area contributed by atoms with Crippen LogP contribution in [0.25, 0.3) is 27.8 Å². The normalized spacial score (nSPS) is 23.9. The molecule has 0 spiro atoms. The van der Waals surface area contributed by atoms with Gasteiger partial charge in [0.1, 0.15) is 42.2 Å². The molecule has 18 nitrogen and oxygen atoms in total. The summed E-state index contributed by atoms with van der Waals surface area (Å²) in [4.78, 5) is 51.3. The molecule has 4 aliphatic rings. The molecular weight excluding hydrogens is 859 g/mol. The number of carboxylic acid groups (broad SMARTS) is 1. The summed E-state index contributed by atoms with van der Waals surface area (Å²) < 4.78 is 23.7. The molecule has 8 unspecified atom stereocenters. The number of aliphatic hydroxyl groups excluding tert-OH is 4. The Hall–Kier alpha value is -5.96. The molecule has 0 amide bonds. The number of aliphatic hydroxyl groups is 5. The van der Waals surface area contributed by atoms with Crippen LogP contribution in [0.15, 0.2) is 98.5 Å². The molecule has 18 heteroatoms. The van der Waals surface area contributed by atoms with Gasteiger partial charge in [0, 0.05) is 42.1 Å². The van der Waals surface area contributed by atoms with Gasteiger partial charge in [-0.15, -0.1) is 0 Å². The molecule has 0 radical (unpaired) electrons. The molecule has 1 saturated heterocycles. The first-order valence-corrected chi connectivity index (χ1v) is 21.9. The number of ether oxygens (including phenoxy) is 3. The SMILES string of the molecule is Cc1cc(C)cc(C2=C3N=CC=C3CN2OC2C(Oc3ccc4c(=O)c(-c5ccc(O)cc5)coc4c3)OC(C(O)(CO)OC(=O)C(C(=O)O)C(CCO)NC3CCCCC3)C(O)C2O)c1. The lowest BCUT2D eigenvalue weighted by atomic mass is 9.90. The summed E-state index contributed by atoms with van der Waals surface area (Å²) in [7, 11) is 0. The standard InChI is InChI=1S/C48H53N3O15/c1-25-18-26(2)20-29(19-25)39-38-28(14-16-49-38)22-51(39)66-43-41(56)42(57)44(48(61,24-53)65-46(60)37(45(58)59)35(15-17-52)50-30-6-4-3-5-7-30)64-47(43)63-32-12-13-33-36(21-32)62-23-34(40(33)55)27-8-10-31(54)11-9-27/h8-14,16,18-21,23,30,35,37,41-44,47,50,52-54,56-57,61H,3-7,15,17,22,24H2,1-2H3,(H,58,59). The van der Waals surface area contributed by atoms with Crippen LogP contribution in [0.4, 0.5) is 0 Å². The fourth-order valence-corrected chi connectivity index (χ4v) is 9.17. The first-order valence-electron chi connectivity index (χ1n) is 21.9. The van der Waals surface area contributed by atoms with Crippen molar-refractivity contribution in [3.05, 3.63) is 111 Å². The minimum atomic E-state index is -3.19. The Morgan fingerprint density at radius 1 is 0.970 bits per heavy atom. The number of carbonyl (C=O) groups excluding carboxylic acids is 1. The van der Waals surface area contributed by atoms with Crippen LogP contribution in [0, 0.1) is 19.8 Å². The molecule has 4 aromatic rings. The van der Waals surface area contributed by atoms with E-state index in [-0.39, 0.29) is 47.0 Å². The van der Waals surface area contributed by atoms with Gasteiger partial charge in [0.05, 0.1) is 28.9 Å². The number of rotatable bonds is 16.